The van der Waals surface area contributed by atoms with E-state index in [0.29, 0.717) is 12.2 Å². The average Bonchev–Trinajstić information content (AvgIpc) is 3.10. The molecule has 3 rings (SSSR count). The molecular weight excluding hydrogens is 313 g/mol. The molecule has 0 fully saturated rings. The average molecular weight is 324 g/mol. The number of halogens is 2. The van der Waals surface area contributed by atoms with Gasteiger partial charge in [0.05, 0.1) is 10.7 Å². The highest BCUT2D eigenvalue weighted by molar-refractivity contribution is 7.14. The van der Waals surface area contributed by atoms with Crippen LogP contribution in [0.1, 0.15) is 4.88 Å². The van der Waals surface area contributed by atoms with E-state index in [0.717, 1.165) is 4.88 Å². The van der Waals surface area contributed by atoms with Crippen molar-refractivity contribution >= 4 is 40.0 Å². The van der Waals surface area contributed by atoms with Gasteiger partial charge < -0.3 is 5.32 Å². The quantitative estimate of drug-likeness (QED) is 0.632. The van der Waals surface area contributed by atoms with Crippen LogP contribution in [0.2, 0.25) is 5.02 Å². The number of benzene rings is 1. The minimum Gasteiger partial charge on any atom is -0.378 e. The summed E-state index contributed by atoms with van der Waals surface area (Å²) in [4.78, 5) is 2.41. The standard InChI is InChI=1S/C15H11ClFNS2/c16-12-3-1-4-13(15(12)17)18-8-11-7-10(9-20-11)14-5-2-6-19-14/h1-7,9,18H,8H2. The van der Waals surface area contributed by atoms with E-state index < -0.39 is 5.82 Å². The first-order valence-electron chi connectivity index (χ1n) is 6.03. The van der Waals surface area contributed by atoms with Crippen LogP contribution in [0.3, 0.4) is 0 Å². The summed E-state index contributed by atoms with van der Waals surface area (Å²) in [6.45, 7) is 0.591. The predicted octanol–water partition coefficient (Wildman–Crippen LogP) is 5.88. The first-order chi connectivity index (χ1) is 9.74. The van der Waals surface area contributed by atoms with Crippen LogP contribution >= 0.6 is 34.3 Å². The lowest BCUT2D eigenvalue weighted by Crippen LogP contribution is -1.99. The molecule has 0 unspecified atom stereocenters. The van der Waals surface area contributed by atoms with Crippen molar-refractivity contribution in [3.8, 4) is 10.4 Å². The van der Waals surface area contributed by atoms with Gasteiger partial charge in [-0.05, 0) is 35.0 Å². The molecule has 0 amide bonds. The van der Waals surface area contributed by atoms with Crippen LogP contribution in [-0.4, -0.2) is 0 Å². The lowest BCUT2D eigenvalue weighted by atomic mass is 10.2. The summed E-state index contributed by atoms with van der Waals surface area (Å²) in [5, 5.41) is 7.41. The van der Waals surface area contributed by atoms with Crippen molar-refractivity contribution in [2.24, 2.45) is 0 Å². The monoisotopic (exact) mass is 323 g/mol. The van der Waals surface area contributed by atoms with Crippen molar-refractivity contribution in [1.82, 2.24) is 0 Å². The predicted molar refractivity (Wildman–Crippen MR) is 86.4 cm³/mol. The van der Waals surface area contributed by atoms with Gasteiger partial charge in [-0.2, -0.15) is 0 Å². The van der Waals surface area contributed by atoms with E-state index in [1.807, 2.05) is 6.07 Å². The van der Waals surface area contributed by atoms with Crippen LogP contribution in [0.5, 0.6) is 0 Å². The Morgan fingerprint density at radius 2 is 2.05 bits per heavy atom. The highest BCUT2D eigenvalue weighted by Gasteiger charge is 2.07. The molecule has 20 heavy (non-hydrogen) atoms. The van der Waals surface area contributed by atoms with Crippen LogP contribution in [-0.2, 0) is 6.54 Å². The van der Waals surface area contributed by atoms with Gasteiger partial charge in [-0.1, -0.05) is 23.7 Å². The number of hydrogen-bond acceptors (Lipinski definition) is 3. The molecule has 102 valence electrons. The Hall–Kier alpha value is -1.36. The molecule has 0 aliphatic rings. The molecule has 2 heterocycles. The van der Waals surface area contributed by atoms with Crippen molar-refractivity contribution in [3.05, 3.63) is 62.9 Å². The summed E-state index contributed by atoms with van der Waals surface area (Å²) in [5.74, 6) is -0.399. The lowest BCUT2D eigenvalue weighted by Gasteiger charge is -2.06. The number of thiophene rings is 2. The third-order valence-corrected chi connectivity index (χ3v) is 5.01. The number of nitrogens with one attached hydrogen (secondary N) is 1. The molecule has 3 aromatic rings. The summed E-state index contributed by atoms with van der Waals surface area (Å²) in [5.41, 5.74) is 1.65. The zero-order valence-corrected chi connectivity index (χ0v) is 12.8. The SMILES string of the molecule is Fc1c(Cl)cccc1NCc1cc(-c2cccs2)cs1. The number of anilines is 1. The first kappa shape index (κ1) is 13.6. The van der Waals surface area contributed by atoms with Crippen LogP contribution < -0.4 is 5.32 Å². The topological polar surface area (TPSA) is 12.0 Å². The second kappa shape index (κ2) is 5.95. The summed E-state index contributed by atoms with van der Waals surface area (Å²) in [6.07, 6.45) is 0. The summed E-state index contributed by atoms with van der Waals surface area (Å²) >= 11 is 9.14. The van der Waals surface area contributed by atoms with Crippen molar-refractivity contribution in [2.45, 2.75) is 6.54 Å². The third-order valence-electron chi connectivity index (χ3n) is 2.86. The van der Waals surface area contributed by atoms with Crippen LogP contribution in [0.4, 0.5) is 10.1 Å². The van der Waals surface area contributed by atoms with Gasteiger partial charge in [0.15, 0.2) is 5.82 Å². The highest BCUT2D eigenvalue weighted by atomic mass is 35.5. The van der Waals surface area contributed by atoms with Crippen molar-refractivity contribution in [2.75, 3.05) is 5.32 Å². The van der Waals surface area contributed by atoms with Gasteiger partial charge in [0.1, 0.15) is 0 Å². The largest absolute Gasteiger partial charge is 0.378 e. The molecule has 0 aliphatic heterocycles. The molecule has 0 saturated carbocycles. The van der Waals surface area contributed by atoms with Crippen LogP contribution in [0, 0.1) is 5.82 Å². The third kappa shape index (κ3) is 2.87. The van der Waals surface area contributed by atoms with E-state index >= 15 is 0 Å². The minimum absolute atomic E-state index is 0.139. The van der Waals surface area contributed by atoms with E-state index in [9.17, 15) is 4.39 Å². The van der Waals surface area contributed by atoms with Gasteiger partial charge in [0, 0.05) is 21.9 Å². The maximum Gasteiger partial charge on any atom is 0.164 e. The van der Waals surface area contributed by atoms with Gasteiger partial charge in [0.25, 0.3) is 0 Å². The van der Waals surface area contributed by atoms with E-state index in [2.05, 4.69) is 28.2 Å². The Kier molecular flexibility index (Phi) is 4.05. The molecule has 0 bridgehead atoms. The van der Waals surface area contributed by atoms with Gasteiger partial charge >= 0.3 is 0 Å². The number of rotatable bonds is 4. The first-order valence-corrected chi connectivity index (χ1v) is 8.17. The smallest absolute Gasteiger partial charge is 0.164 e. The van der Waals surface area contributed by atoms with Crippen molar-refractivity contribution in [3.63, 3.8) is 0 Å². The molecule has 1 N–H and O–H groups in total. The Bertz CT molecular complexity index is 706. The molecule has 1 aromatic carbocycles. The summed E-state index contributed by atoms with van der Waals surface area (Å²) in [6, 6.07) is 11.2. The molecule has 1 nitrogen and oxygen atoms in total. The molecule has 2 aromatic heterocycles. The van der Waals surface area contributed by atoms with E-state index in [-0.39, 0.29) is 5.02 Å². The van der Waals surface area contributed by atoms with Gasteiger partial charge in [-0.3, -0.25) is 0 Å². The maximum absolute atomic E-state index is 13.7. The van der Waals surface area contributed by atoms with Crippen LogP contribution in [0.25, 0.3) is 10.4 Å². The highest BCUT2D eigenvalue weighted by Crippen LogP contribution is 2.30. The maximum atomic E-state index is 13.7. The molecule has 0 saturated heterocycles. The minimum atomic E-state index is -0.399. The fraction of sp³-hybridized carbons (Fsp3) is 0.0667. The van der Waals surface area contributed by atoms with Crippen LogP contribution in [0.15, 0.2) is 47.2 Å². The molecular formula is C15H11ClFNS2. The molecule has 0 radical (unpaired) electrons. The lowest BCUT2D eigenvalue weighted by molar-refractivity contribution is 0.630. The fourth-order valence-corrected chi connectivity index (χ4v) is 3.66. The van der Waals surface area contributed by atoms with E-state index in [1.165, 1.54) is 10.4 Å². The van der Waals surface area contributed by atoms with Crippen molar-refractivity contribution in [1.29, 1.82) is 0 Å². The Morgan fingerprint density at radius 1 is 1.15 bits per heavy atom. The Balaban J connectivity index is 1.71. The van der Waals surface area contributed by atoms with Gasteiger partial charge in [-0.15, -0.1) is 22.7 Å². The van der Waals surface area contributed by atoms with E-state index in [1.54, 1.807) is 40.9 Å². The summed E-state index contributed by atoms with van der Waals surface area (Å²) in [7, 11) is 0. The normalized spacial score (nSPS) is 10.7. The van der Waals surface area contributed by atoms with E-state index in [4.69, 9.17) is 11.6 Å². The number of hydrogen-bond donors (Lipinski definition) is 1. The van der Waals surface area contributed by atoms with Gasteiger partial charge in [-0.25, -0.2) is 4.39 Å². The zero-order chi connectivity index (χ0) is 13.9. The zero-order valence-electron chi connectivity index (χ0n) is 10.4. The Labute approximate surface area is 129 Å². The molecule has 5 heteroatoms. The van der Waals surface area contributed by atoms with Crippen molar-refractivity contribution < 1.29 is 4.39 Å². The van der Waals surface area contributed by atoms with Gasteiger partial charge in [0.2, 0.25) is 0 Å². The second-order valence-corrected chi connectivity index (χ2v) is 6.58. The molecule has 0 spiro atoms. The second-order valence-electron chi connectivity index (χ2n) is 4.23. The fourth-order valence-electron chi connectivity index (χ4n) is 1.87. The molecule has 0 atom stereocenters. The summed E-state index contributed by atoms with van der Waals surface area (Å²) < 4.78 is 13.7. The molecule has 0 aliphatic carbocycles. The Morgan fingerprint density at radius 3 is 2.85 bits per heavy atom.